The van der Waals surface area contributed by atoms with Crippen molar-refractivity contribution in [2.75, 3.05) is 13.2 Å². The van der Waals surface area contributed by atoms with E-state index in [0.29, 0.717) is 19.4 Å². The third kappa shape index (κ3) is 4.00. The van der Waals surface area contributed by atoms with Gasteiger partial charge in [-0.3, -0.25) is 9.78 Å². The number of aliphatic hydroxyl groups is 1. The number of hydrogen-bond acceptors (Lipinski definition) is 3. The van der Waals surface area contributed by atoms with Gasteiger partial charge in [0.15, 0.2) is 0 Å². The smallest absolute Gasteiger partial charge is 0.220 e. The van der Waals surface area contributed by atoms with E-state index in [2.05, 4.69) is 10.3 Å². The average molecular weight is 194 g/mol. The Morgan fingerprint density at radius 2 is 2.36 bits per heavy atom. The van der Waals surface area contributed by atoms with Gasteiger partial charge in [-0.1, -0.05) is 6.07 Å². The molecule has 0 aliphatic heterocycles. The van der Waals surface area contributed by atoms with Gasteiger partial charge in [0.05, 0.1) is 6.61 Å². The SMILES string of the molecule is O=C(CCc1ccccn1)NCCO. The molecule has 1 heterocycles. The first-order chi connectivity index (χ1) is 6.83. The summed E-state index contributed by atoms with van der Waals surface area (Å²) in [6, 6.07) is 5.63. The zero-order valence-electron chi connectivity index (χ0n) is 7.94. The summed E-state index contributed by atoms with van der Waals surface area (Å²) in [6.07, 6.45) is 2.76. The Labute approximate surface area is 83.0 Å². The molecular formula is C10H14N2O2. The minimum atomic E-state index is -0.0512. The van der Waals surface area contributed by atoms with Crippen LogP contribution in [-0.4, -0.2) is 29.1 Å². The maximum absolute atomic E-state index is 11.1. The van der Waals surface area contributed by atoms with Crippen molar-refractivity contribution in [2.45, 2.75) is 12.8 Å². The van der Waals surface area contributed by atoms with Gasteiger partial charge in [0.25, 0.3) is 0 Å². The van der Waals surface area contributed by atoms with E-state index in [4.69, 9.17) is 5.11 Å². The number of rotatable bonds is 5. The lowest BCUT2D eigenvalue weighted by atomic mass is 10.2. The number of pyridine rings is 1. The predicted octanol–water partition coefficient (Wildman–Crippen LogP) is 0.123. The third-order valence-corrected chi connectivity index (χ3v) is 1.77. The highest BCUT2D eigenvalue weighted by Gasteiger charge is 2.00. The van der Waals surface area contributed by atoms with Crippen molar-refractivity contribution < 1.29 is 9.90 Å². The van der Waals surface area contributed by atoms with E-state index in [0.717, 1.165) is 5.69 Å². The minimum Gasteiger partial charge on any atom is -0.395 e. The molecule has 1 rings (SSSR count). The summed E-state index contributed by atoms with van der Waals surface area (Å²) in [5, 5.41) is 11.1. The van der Waals surface area contributed by atoms with Gasteiger partial charge in [0.2, 0.25) is 5.91 Å². The van der Waals surface area contributed by atoms with Crippen LogP contribution in [0, 0.1) is 0 Å². The molecule has 1 aromatic rings. The largest absolute Gasteiger partial charge is 0.395 e. The van der Waals surface area contributed by atoms with Gasteiger partial charge in [-0.25, -0.2) is 0 Å². The molecule has 0 aromatic carbocycles. The highest BCUT2D eigenvalue weighted by molar-refractivity contribution is 5.76. The first-order valence-electron chi connectivity index (χ1n) is 4.60. The number of aromatic nitrogens is 1. The molecular weight excluding hydrogens is 180 g/mol. The number of amides is 1. The van der Waals surface area contributed by atoms with Crippen LogP contribution in [0.4, 0.5) is 0 Å². The third-order valence-electron chi connectivity index (χ3n) is 1.77. The lowest BCUT2D eigenvalue weighted by Crippen LogP contribution is -2.26. The van der Waals surface area contributed by atoms with Gasteiger partial charge >= 0.3 is 0 Å². The van der Waals surface area contributed by atoms with E-state index in [1.54, 1.807) is 6.20 Å². The molecule has 2 N–H and O–H groups in total. The number of carbonyl (C=O) groups excluding carboxylic acids is 1. The molecule has 0 aliphatic rings. The van der Waals surface area contributed by atoms with Gasteiger partial charge in [0, 0.05) is 24.9 Å². The van der Waals surface area contributed by atoms with Crippen LogP contribution in [0.15, 0.2) is 24.4 Å². The summed E-state index contributed by atoms with van der Waals surface area (Å²) >= 11 is 0. The molecule has 1 amide bonds. The Morgan fingerprint density at radius 3 is 3.00 bits per heavy atom. The van der Waals surface area contributed by atoms with Crippen LogP contribution in [0.1, 0.15) is 12.1 Å². The van der Waals surface area contributed by atoms with Crippen LogP contribution in [-0.2, 0) is 11.2 Å². The van der Waals surface area contributed by atoms with E-state index in [1.807, 2.05) is 18.2 Å². The molecule has 4 nitrogen and oxygen atoms in total. The second-order valence-electron chi connectivity index (χ2n) is 2.89. The average Bonchev–Trinajstić information content (AvgIpc) is 2.25. The van der Waals surface area contributed by atoms with Crippen LogP contribution >= 0.6 is 0 Å². The monoisotopic (exact) mass is 194 g/mol. The van der Waals surface area contributed by atoms with Crippen molar-refractivity contribution in [2.24, 2.45) is 0 Å². The molecule has 0 aliphatic carbocycles. The molecule has 0 fully saturated rings. The van der Waals surface area contributed by atoms with Gasteiger partial charge in [-0.2, -0.15) is 0 Å². The first-order valence-corrected chi connectivity index (χ1v) is 4.60. The summed E-state index contributed by atoms with van der Waals surface area (Å²) in [5.74, 6) is -0.0512. The fourth-order valence-corrected chi connectivity index (χ4v) is 1.07. The van der Waals surface area contributed by atoms with Crippen molar-refractivity contribution in [1.29, 1.82) is 0 Å². The summed E-state index contributed by atoms with van der Waals surface area (Å²) in [4.78, 5) is 15.2. The van der Waals surface area contributed by atoms with E-state index < -0.39 is 0 Å². The molecule has 76 valence electrons. The molecule has 0 saturated carbocycles. The zero-order valence-corrected chi connectivity index (χ0v) is 7.94. The lowest BCUT2D eigenvalue weighted by molar-refractivity contribution is -0.121. The molecule has 1 aromatic heterocycles. The molecule has 14 heavy (non-hydrogen) atoms. The lowest BCUT2D eigenvalue weighted by Gasteiger charge is -2.02. The Balaban J connectivity index is 2.24. The quantitative estimate of drug-likeness (QED) is 0.700. The van der Waals surface area contributed by atoms with E-state index in [9.17, 15) is 4.79 Å². The number of aliphatic hydroxyl groups excluding tert-OH is 1. The van der Waals surface area contributed by atoms with E-state index in [1.165, 1.54) is 0 Å². The number of carbonyl (C=O) groups is 1. The number of aryl methyl sites for hydroxylation is 1. The van der Waals surface area contributed by atoms with Crippen LogP contribution in [0.25, 0.3) is 0 Å². The first kappa shape index (κ1) is 10.7. The standard InChI is InChI=1S/C10H14N2O2/c13-8-7-12-10(14)5-4-9-3-1-2-6-11-9/h1-3,6,13H,4-5,7-8H2,(H,12,14). The van der Waals surface area contributed by atoms with Gasteiger partial charge in [-0.15, -0.1) is 0 Å². The molecule has 0 spiro atoms. The van der Waals surface area contributed by atoms with E-state index >= 15 is 0 Å². The fraction of sp³-hybridized carbons (Fsp3) is 0.400. The molecule has 0 atom stereocenters. The topological polar surface area (TPSA) is 62.2 Å². The normalized spacial score (nSPS) is 9.79. The molecule has 0 radical (unpaired) electrons. The van der Waals surface area contributed by atoms with Crippen LogP contribution in [0.2, 0.25) is 0 Å². The number of nitrogens with zero attached hydrogens (tertiary/aromatic N) is 1. The Morgan fingerprint density at radius 1 is 1.50 bits per heavy atom. The maximum atomic E-state index is 11.1. The van der Waals surface area contributed by atoms with Gasteiger partial charge < -0.3 is 10.4 Å². The number of hydrogen-bond donors (Lipinski definition) is 2. The molecule has 4 heteroatoms. The van der Waals surface area contributed by atoms with Crippen molar-refractivity contribution in [1.82, 2.24) is 10.3 Å². The van der Waals surface area contributed by atoms with Crippen molar-refractivity contribution in [3.8, 4) is 0 Å². The van der Waals surface area contributed by atoms with Gasteiger partial charge in [-0.05, 0) is 18.6 Å². The molecule has 0 unspecified atom stereocenters. The van der Waals surface area contributed by atoms with Crippen LogP contribution in [0.3, 0.4) is 0 Å². The van der Waals surface area contributed by atoms with Crippen LogP contribution < -0.4 is 5.32 Å². The molecule has 0 saturated heterocycles. The summed E-state index contributed by atoms with van der Waals surface area (Å²) in [5.41, 5.74) is 0.909. The predicted molar refractivity (Wildman–Crippen MR) is 52.7 cm³/mol. The summed E-state index contributed by atoms with van der Waals surface area (Å²) < 4.78 is 0. The molecule has 0 bridgehead atoms. The maximum Gasteiger partial charge on any atom is 0.220 e. The number of nitrogens with one attached hydrogen (secondary N) is 1. The zero-order chi connectivity index (χ0) is 10.2. The highest BCUT2D eigenvalue weighted by Crippen LogP contribution is 1.97. The van der Waals surface area contributed by atoms with Crippen molar-refractivity contribution >= 4 is 5.91 Å². The highest BCUT2D eigenvalue weighted by atomic mass is 16.3. The Hall–Kier alpha value is -1.42. The van der Waals surface area contributed by atoms with Gasteiger partial charge in [0.1, 0.15) is 0 Å². The fourth-order valence-electron chi connectivity index (χ4n) is 1.07. The second-order valence-corrected chi connectivity index (χ2v) is 2.89. The van der Waals surface area contributed by atoms with E-state index in [-0.39, 0.29) is 12.5 Å². The van der Waals surface area contributed by atoms with Crippen LogP contribution in [0.5, 0.6) is 0 Å². The summed E-state index contributed by atoms with van der Waals surface area (Å²) in [6.45, 7) is 0.302. The second kappa shape index (κ2) is 6.10. The van der Waals surface area contributed by atoms with Crippen molar-refractivity contribution in [3.63, 3.8) is 0 Å². The Kier molecular flexibility index (Phi) is 4.64. The minimum absolute atomic E-state index is 0.0185. The summed E-state index contributed by atoms with van der Waals surface area (Å²) in [7, 11) is 0. The Bertz CT molecular complexity index is 275. The van der Waals surface area contributed by atoms with Crippen molar-refractivity contribution in [3.05, 3.63) is 30.1 Å².